The maximum Gasteiger partial charge on any atom is 0.162 e. The number of allylic oxidation sites excluding steroid dienone is 1. The van der Waals surface area contributed by atoms with E-state index in [-0.39, 0.29) is 24.2 Å². The van der Waals surface area contributed by atoms with Gasteiger partial charge in [-0.3, -0.25) is 0 Å². The summed E-state index contributed by atoms with van der Waals surface area (Å²) < 4.78 is 5.31. The molecule has 0 aromatic heterocycles. The molecule has 1 atom stereocenters. The Labute approximate surface area is 109 Å². The van der Waals surface area contributed by atoms with Crippen LogP contribution in [0.2, 0.25) is 0 Å². The SMILES string of the molecule is C=CCC[C@@H](N)c1cccc(OCC)c1O.Cl. The van der Waals surface area contributed by atoms with Crippen molar-refractivity contribution in [2.75, 3.05) is 6.61 Å². The van der Waals surface area contributed by atoms with Gasteiger partial charge in [-0.1, -0.05) is 18.2 Å². The van der Waals surface area contributed by atoms with Crippen molar-refractivity contribution in [1.29, 1.82) is 0 Å². The third-order valence-corrected chi connectivity index (χ3v) is 2.41. The number of benzene rings is 1. The lowest BCUT2D eigenvalue weighted by molar-refractivity contribution is 0.315. The summed E-state index contributed by atoms with van der Waals surface area (Å²) >= 11 is 0. The van der Waals surface area contributed by atoms with Crippen LogP contribution in [0.15, 0.2) is 30.9 Å². The molecule has 3 N–H and O–H groups in total. The minimum Gasteiger partial charge on any atom is -0.504 e. The normalized spacial score (nSPS) is 11.4. The van der Waals surface area contributed by atoms with E-state index in [1.807, 2.05) is 25.1 Å². The first kappa shape index (κ1) is 15.8. The zero-order chi connectivity index (χ0) is 12.0. The first-order valence-corrected chi connectivity index (χ1v) is 5.51. The molecule has 0 heterocycles. The van der Waals surface area contributed by atoms with Gasteiger partial charge in [0.1, 0.15) is 0 Å². The van der Waals surface area contributed by atoms with E-state index in [4.69, 9.17) is 10.5 Å². The standard InChI is InChI=1S/C13H19NO2.ClH/c1-3-5-8-11(14)10-7-6-9-12(13(10)15)16-4-2;/h3,6-7,9,11,15H,1,4-5,8,14H2,2H3;1H/t11-;/m1./s1. The molecule has 17 heavy (non-hydrogen) atoms. The predicted octanol–water partition coefficient (Wildman–Crippen LogP) is 3.18. The Hall–Kier alpha value is -1.19. The number of hydrogen-bond donors (Lipinski definition) is 2. The van der Waals surface area contributed by atoms with E-state index < -0.39 is 0 Å². The van der Waals surface area contributed by atoms with Crippen molar-refractivity contribution in [2.24, 2.45) is 5.73 Å². The summed E-state index contributed by atoms with van der Waals surface area (Å²) in [5.41, 5.74) is 6.71. The number of aromatic hydroxyl groups is 1. The summed E-state index contributed by atoms with van der Waals surface area (Å²) in [4.78, 5) is 0. The third-order valence-electron chi connectivity index (χ3n) is 2.41. The molecule has 1 aromatic rings. The van der Waals surface area contributed by atoms with E-state index in [1.54, 1.807) is 6.07 Å². The summed E-state index contributed by atoms with van der Waals surface area (Å²) in [6.07, 6.45) is 3.43. The molecule has 0 spiro atoms. The van der Waals surface area contributed by atoms with E-state index in [9.17, 15) is 5.11 Å². The van der Waals surface area contributed by atoms with Crippen LogP contribution in [0.3, 0.4) is 0 Å². The van der Waals surface area contributed by atoms with Gasteiger partial charge in [-0.2, -0.15) is 0 Å². The van der Waals surface area contributed by atoms with Crippen molar-refractivity contribution in [3.63, 3.8) is 0 Å². The Kier molecular flexibility index (Phi) is 7.42. The van der Waals surface area contributed by atoms with Gasteiger partial charge in [-0.05, 0) is 25.8 Å². The van der Waals surface area contributed by atoms with E-state index >= 15 is 0 Å². The zero-order valence-electron chi connectivity index (χ0n) is 10.1. The second-order valence-electron chi connectivity index (χ2n) is 3.60. The molecule has 0 bridgehead atoms. The molecule has 1 rings (SSSR count). The fourth-order valence-corrected chi connectivity index (χ4v) is 1.56. The number of phenolic OH excluding ortho intramolecular Hbond substituents is 1. The quantitative estimate of drug-likeness (QED) is 0.770. The van der Waals surface area contributed by atoms with E-state index in [2.05, 4.69) is 6.58 Å². The van der Waals surface area contributed by atoms with Crippen LogP contribution in [0.1, 0.15) is 31.4 Å². The first-order chi connectivity index (χ1) is 7.70. The molecular formula is C13H20ClNO2. The number of phenols is 1. The van der Waals surface area contributed by atoms with Gasteiger partial charge in [0.2, 0.25) is 0 Å². The van der Waals surface area contributed by atoms with Crippen molar-refractivity contribution in [3.05, 3.63) is 36.4 Å². The largest absolute Gasteiger partial charge is 0.504 e. The highest BCUT2D eigenvalue weighted by molar-refractivity contribution is 5.85. The van der Waals surface area contributed by atoms with E-state index in [0.29, 0.717) is 12.4 Å². The fourth-order valence-electron chi connectivity index (χ4n) is 1.56. The van der Waals surface area contributed by atoms with Crippen molar-refractivity contribution < 1.29 is 9.84 Å². The summed E-state index contributed by atoms with van der Waals surface area (Å²) in [5, 5.41) is 9.96. The molecule has 96 valence electrons. The maximum atomic E-state index is 9.96. The van der Waals surface area contributed by atoms with Gasteiger partial charge >= 0.3 is 0 Å². The molecule has 3 nitrogen and oxygen atoms in total. The minimum absolute atomic E-state index is 0. The number of halogens is 1. The number of ether oxygens (including phenoxy) is 1. The van der Waals surface area contributed by atoms with Gasteiger partial charge in [-0.25, -0.2) is 0 Å². The Morgan fingerprint density at radius 2 is 2.24 bits per heavy atom. The monoisotopic (exact) mass is 257 g/mol. The summed E-state index contributed by atoms with van der Waals surface area (Å²) in [6, 6.07) is 5.22. The van der Waals surface area contributed by atoms with Crippen LogP contribution in [-0.4, -0.2) is 11.7 Å². The second kappa shape index (κ2) is 7.98. The predicted molar refractivity (Wildman–Crippen MR) is 72.9 cm³/mol. The van der Waals surface area contributed by atoms with Gasteiger partial charge in [0.05, 0.1) is 6.61 Å². The number of rotatable bonds is 6. The average molecular weight is 258 g/mol. The molecule has 0 aliphatic rings. The topological polar surface area (TPSA) is 55.5 Å². The average Bonchev–Trinajstić information content (AvgIpc) is 2.29. The molecule has 0 amide bonds. The zero-order valence-corrected chi connectivity index (χ0v) is 10.9. The van der Waals surface area contributed by atoms with Crippen LogP contribution in [0, 0.1) is 0 Å². The van der Waals surface area contributed by atoms with Gasteiger partial charge < -0.3 is 15.6 Å². The van der Waals surface area contributed by atoms with Gasteiger partial charge in [0.15, 0.2) is 11.5 Å². The van der Waals surface area contributed by atoms with E-state index in [1.165, 1.54) is 0 Å². The molecule has 0 aliphatic heterocycles. The number of para-hydroxylation sites is 1. The third kappa shape index (κ3) is 4.29. The van der Waals surface area contributed by atoms with Crippen LogP contribution >= 0.6 is 12.4 Å². The van der Waals surface area contributed by atoms with Crippen LogP contribution in [0.25, 0.3) is 0 Å². The Bertz CT molecular complexity index is 355. The molecule has 4 heteroatoms. The summed E-state index contributed by atoms with van der Waals surface area (Å²) in [7, 11) is 0. The molecule has 0 saturated carbocycles. The molecule has 0 fully saturated rings. The Balaban J connectivity index is 0.00000256. The van der Waals surface area contributed by atoms with Crippen molar-refractivity contribution in [3.8, 4) is 11.5 Å². The van der Waals surface area contributed by atoms with Crippen LogP contribution < -0.4 is 10.5 Å². The first-order valence-electron chi connectivity index (χ1n) is 5.51. The highest BCUT2D eigenvalue weighted by Crippen LogP contribution is 2.34. The second-order valence-corrected chi connectivity index (χ2v) is 3.60. The van der Waals surface area contributed by atoms with E-state index in [0.717, 1.165) is 18.4 Å². The lowest BCUT2D eigenvalue weighted by Crippen LogP contribution is -2.10. The maximum absolute atomic E-state index is 9.96. The number of hydrogen-bond acceptors (Lipinski definition) is 3. The van der Waals surface area contributed by atoms with Crippen LogP contribution in [0.5, 0.6) is 11.5 Å². The summed E-state index contributed by atoms with van der Waals surface area (Å²) in [5.74, 6) is 0.648. The van der Waals surface area contributed by atoms with Crippen molar-refractivity contribution in [1.82, 2.24) is 0 Å². The van der Waals surface area contributed by atoms with Gasteiger partial charge in [0.25, 0.3) is 0 Å². The Morgan fingerprint density at radius 3 is 2.82 bits per heavy atom. The van der Waals surface area contributed by atoms with Crippen molar-refractivity contribution >= 4 is 12.4 Å². The highest BCUT2D eigenvalue weighted by Gasteiger charge is 2.13. The molecule has 1 aromatic carbocycles. The van der Waals surface area contributed by atoms with Gasteiger partial charge in [0, 0.05) is 11.6 Å². The highest BCUT2D eigenvalue weighted by atomic mass is 35.5. The molecular weight excluding hydrogens is 238 g/mol. The summed E-state index contributed by atoms with van der Waals surface area (Å²) in [6.45, 7) is 6.06. The molecule has 0 unspecified atom stereocenters. The molecule has 0 saturated heterocycles. The van der Waals surface area contributed by atoms with Crippen LogP contribution in [0.4, 0.5) is 0 Å². The molecule has 0 aliphatic carbocycles. The number of nitrogens with two attached hydrogens (primary N) is 1. The van der Waals surface area contributed by atoms with Gasteiger partial charge in [-0.15, -0.1) is 19.0 Å². The molecule has 0 radical (unpaired) electrons. The lowest BCUT2D eigenvalue weighted by atomic mass is 10.0. The minimum atomic E-state index is -0.182. The Morgan fingerprint density at radius 1 is 1.53 bits per heavy atom. The van der Waals surface area contributed by atoms with Crippen LogP contribution in [-0.2, 0) is 0 Å². The van der Waals surface area contributed by atoms with Crippen molar-refractivity contribution in [2.45, 2.75) is 25.8 Å². The smallest absolute Gasteiger partial charge is 0.162 e. The lowest BCUT2D eigenvalue weighted by Gasteiger charge is -2.15. The fraction of sp³-hybridized carbons (Fsp3) is 0.385.